The highest BCUT2D eigenvalue weighted by Crippen LogP contribution is 2.49. The number of hydrogen-bond donors (Lipinski definition) is 0. The molecule has 0 heterocycles. The normalized spacial score (nSPS) is 14.9. The second-order valence-corrected chi connectivity index (χ2v) is 13.7. The molecule has 0 radical (unpaired) electrons. The van der Waals surface area contributed by atoms with Gasteiger partial charge in [0.15, 0.2) is 8.24 Å². The molecule has 1 aromatic carbocycles. The van der Waals surface area contributed by atoms with Crippen LogP contribution in [0.25, 0.3) is 0 Å². The van der Waals surface area contributed by atoms with E-state index in [1.807, 2.05) is 30.3 Å². The van der Waals surface area contributed by atoms with E-state index in [4.69, 9.17) is 8.93 Å². The molecule has 0 aromatic heterocycles. The molecular weight excluding hydrogens is 257 g/mol. The second-order valence-electron chi connectivity index (χ2n) is 5.80. The van der Waals surface area contributed by atoms with Crippen molar-refractivity contribution < 1.29 is 4.52 Å². The first-order valence-electron chi connectivity index (χ1n) is 6.69. The zero-order valence-electron chi connectivity index (χ0n) is 12.3. The van der Waals surface area contributed by atoms with E-state index in [9.17, 15) is 0 Å². The third-order valence-electron chi connectivity index (χ3n) is 2.48. The number of benzene rings is 1. The molecule has 0 saturated heterocycles. The summed E-state index contributed by atoms with van der Waals surface area (Å²) in [6, 6.07) is 10.1. The van der Waals surface area contributed by atoms with Gasteiger partial charge in [0.25, 0.3) is 0 Å². The molecule has 0 aliphatic carbocycles. The van der Waals surface area contributed by atoms with E-state index in [1.165, 1.54) is 12.8 Å². The van der Waals surface area contributed by atoms with Gasteiger partial charge in [-0.2, -0.15) is 0 Å². The van der Waals surface area contributed by atoms with Crippen LogP contribution in [0.3, 0.4) is 0 Å². The Morgan fingerprint density at radius 3 is 2.28 bits per heavy atom. The van der Waals surface area contributed by atoms with Crippen LogP contribution in [-0.4, -0.2) is 21.1 Å². The van der Waals surface area contributed by atoms with Gasteiger partial charge in [0, 0.05) is 12.8 Å². The third-order valence-corrected chi connectivity index (χ3v) is 8.33. The predicted octanol–water partition coefficient (Wildman–Crippen LogP) is 5.45. The van der Waals surface area contributed by atoms with E-state index in [2.05, 4.69) is 33.2 Å². The van der Waals surface area contributed by atoms with Crippen LogP contribution in [0.15, 0.2) is 34.7 Å². The average Bonchev–Trinajstić information content (AvgIpc) is 2.25. The van der Waals surface area contributed by atoms with Gasteiger partial charge in [0.1, 0.15) is 13.0 Å². The Kier molecular flexibility index (Phi) is 5.68. The summed E-state index contributed by atoms with van der Waals surface area (Å²) in [5.41, 5.74) is 0. The van der Waals surface area contributed by atoms with Gasteiger partial charge >= 0.3 is 0 Å². The molecule has 2 nitrogen and oxygen atoms in total. The van der Waals surface area contributed by atoms with E-state index < -0.39 is 15.5 Å². The Bertz CT molecular complexity index is 412. The van der Waals surface area contributed by atoms with Gasteiger partial charge in [-0.3, -0.25) is 0 Å². The lowest BCUT2D eigenvalue weighted by Gasteiger charge is -2.25. The Balaban J connectivity index is 2.95. The summed E-state index contributed by atoms with van der Waals surface area (Å²) >= 11 is 0. The summed E-state index contributed by atoms with van der Waals surface area (Å²) in [5.74, 6) is 0.964. The van der Waals surface area contributed by atoms with E-state index >= 15 is 0 Å². The fraction of sp³-hybridized carbons (Fsp3) is 0.571. The number of unbranched alkanes of at least 4 members (excludes halogenated alkanes) is 1. The summed E-state index contributed by atoms with van der Waals surface area (Å²) in [4.78, 5) is 0. The lowest BCUT2D eigenvalue weighted by molar-refractivity contribution is 0.603. The van der Waals surface area contributed by atoms with Crippen LogP contribution in [-0.2, 0) is 0 Å². The molecule has 1 atom stereocenters. The molecule has 18 heavy (non-hydrogen) atoms. The smallest absolute Gasteiger partial charge is 0.174 e. The molecule has 0 bridgehead atoms. The molecule has 1 unspecified atom stereocenters. The summed E-state index contributed by atoms with van der Waals surface area (Å²) in [7, 11) is -3.09. The van der Waals surface area contributed by atoms with Crippen LogP contribution in [0.1, 0.15) is 19.8 Å². The van der Waals surface area contributed by atoms with Crippen LogP contribution < -0.4 is 4.52 Å². The van der Waals surface area contributed by atoms with Gasteiger partial charge in [-0.1, -0.05) is 31.5 Å². The van der Waals surface area contributed by atoms with Crippen molar-refractivity contribution >= 4 is 15.5 Å². The molecule has 0 spiro atoms. The Morgan fingerprint density at radius 1 is 1.17 bits per heavy atom. The maximum Gasteiger partial charge on any atom is 0.174 e. The molecule has 0 aliphatic rings. The average molecular weight is 283 g/mol. The van der Waals surface area contributed by atoms with Crippen molar-refractivity contribution in [2.24, 2.45) is 4.41 Å². The molecular formula is C14H26NOPSi. The van der Waals surface area contributed by atoms with Gasteiger partial charge in [-0.25, -0.2) is 0 Å². The monoisotopic (exact) mass is 283 g/mol. The van der Waals surface area contributed by atoms with E-state index in [0.717, 1.165) is 11.9 Å². The van der Waals surface area contributed by atoms with Crippen molar-refractivity contribution in [3.63, 3.8) is 0 Å². The highest BCUT2D eigenvalue weighted by Gasteiger charge is 2.21. The van der Waals surface area contributed by atoms with Gasteiger partial charge in [-0.15, -0.1) is 0 Å². The third kappa shape index (κ3) is 5.88. The maximum absolute atomic E-state index is 6.26. The largest absolute Gasteiger partial charge is 0.461 e. The number of nitrogens with zero attached hydrogens (tertiary/aromatic N) is 1. The van der Waals surface area contributed by atoms with Gasteiger partial charge in [-0.05, 0) is 38.2 Å². The lowest BCUT2D eigenvalue weighted by atomic mass is 10.3. The molecule has 4 heteroatoms. The Morgan fingerprint density at radius 2 is 1.78 bits per heavy atom. The van der Waals surface area contributed by atoms with E-state index in [0.29, 0.717) is 0 Å². The quantitative estimate of drug-likeness (QED) is 0.502. The van der Waals surface area contributed by atoms with Crippen molar-refractivity contribution in [3.8, 4) is 5.75 Å². The summed E-state index contributed by atoms with van der Waals surface area (Å²) in [5, 5.41) is 0. The minimum absolute atomic E-state index is 0.964. The standard InChI is InChI=1S/C14H26NOPSi/c1-6-7-13-17(2,15-18(3,4)5)16-14-11-9-8-10-12-14/h8-12H,6-7,13H2,1-5H3. The number of hydrogen-bond acceptors (Lipinski definition) is 2. The minimum Gasteiger partial charge on any atom is -0.461 e. The molecule has 102 valence electrons. The van der Waals surface area contributed by atoms with Crippen molar-refractivity contribution in [1.29, 1.82) is 0 Å². The fourth-order valence-electron chi connectivity index (χ4n) is 1.91. The summed E-state index contributed by atoms with van der Waals surface area (Å²) in [6.45, 7) is 11.3. The molecule has 0 aliphatic heterocycles. The highest BCUT2D eigenvalue weighted by atomic mass is 31.2. The fourth-order valence-corrected chi connectivity index (χ4v) is 9.12. The molecule has 0 amide bonds. The second kappa shape index (κ2) is 6.58. The zero-order valence-corrected chi connectivity index (χ0v) is 14.2. The van der Waals surface area contributed by atoms with Gasteiger partial charge in [0.05, 0.1) is 0 Å². The first-order chi connectivity index (χ1) is 8.35. The van der Waals surface area contributed by atoms with Gasteiger partial charge in [0.2, 0.25) is 0 Å². The maximum atomic E-state index is 6.26. The molecule has 0 saturated carbocycles. The summed E-state index contributed by atoms with van der Waals surface area (Å²) < 4.78 is 11.4. The van der Waals surface area contributed by atoms with Crippen molar-refractivity contribution in [1.82, 2.24) is 0 Å². The molecule has 1 aromatic rings. The topological polar surface area (TPSA) is 21.6 Å². The SMILES string of the molecule is CCCCP(C)(=N[Si](C)(C)C)Oc1ccccc1. The first kappa shape index (κ1) is 15.5. The molecule has 0 N–H and O–H groups in total. The Hall–Kier alpha value is -0.533. The van der Waals surface area contributed by atoms with Gasteiger partial charge < -0.3 is 8.93 Å². The zero-order chi connectivity index (χ0) is 13.6. The summed E-state index contributed by atoms with van der Waals surface area (Å²) in [6.07, 6.45) is 3.50. The van der Waals surface area contributed by atoms with E-state index in [-0.39, 0.29) is 0 Å². The lowest BCUT2D eigenvalue weighted by Crippen LogP contribution is -2.17. The Labute approximate surface area is 113 Å². The highest BCUT2D eigenvalue weighted by molar-refractivity contribution is 7.62. The van der Waals surface area contributed by atoms with Crippen LogP contribution in [0, 0.1) is 0 Å². The van der Waals surface area contributed by atoms with Crippen molar-refractivity contribution in [2.45, 2.75) is 39.4 Å². The van der Waals surface area contributed by atoms with Crippen molar-refractivity contribution in [2.75, 3.05) is 12.8 Å². The van der Waals surface area contributed by atoms with Crippen molar-refractivity contribution in [3.05, 3.63) is 30.3 Å². The molecule has 0 fully saturated rings. The molecule has 1 rings (SSSR count). The predicted molar refractivity (Wildman–Crippen MR) is 85.5 cm³/mol. The number of rotatable bonds is 6. The van der Waals surface area contributed by atoms with Crippen LogP contribution >= 0.6 is 7.28 Å². The van der Waals surface area contributed by atoms with Crippen LogP contribution in [0.4, 0.5) is 0 Å². The van der Waals surface area contributed by atoms with E-state index in [1.54, 1.807) is 0 Å². The van der Waals surface area contributed by atoms with Crippen LogP contribution in [0.5, 0.6) is 5.75 Å². The van der Waals surface area contributed by atoms with Crippen LogP contribution in [0.2, 0.25) is 19.6 Å². The number of para-hydroxylation sites is 1. The minimum atomic E-state index is -1.64. The first-order valence-corrected chi connectivity index (χ1v) is 12.4.